The van der Waals surface area contributed by atoms with Crippen LogP contribution in [-0.2, 0) is 19.1 Å². The highest BCUT2D eigenvalue weighted by Gasteiger charge is 2.42. The number of unbranched alkanes of at least 4 members (excludes halogenated alkanes) is 1. The monoisotopic (exact) mass is 249 g/mol. The predicted octanol–water partition coefficient (Wildman–Crippen LogP) is 0.0102. The van der Waals surface area contributed by atoms with Crippen molar-refractivity contribution < 1.29 is 35.8 Å². The molecule has 0 aliphatic rings. The number of aliphatic carboxylic acids is 2. The summed E-state index contributed by atoms with van der Waals surface area (Å²) >= 11 is 0. The molecule has 0 bridgehead atoms. The molecule has 0 fully saturated rings. The first kappa shape index (κ1) is 13.4. The maximum Gasteiger partial charge on any atom is 0.339 e. The van der Waals surface area contributed by atoms with Crippen LogP contribution in [-0.4, -0.2) is 45.4 Å². The van der Waals surface area contributed by atoms with Crippen molar-refractivity contribution in [3.8, 4) is 0 Å². The van der Waals surface area contributed by atoms with Crippen LogP contribution in [0.3, 0.4) is 0 Å². The van der Waals surface area contributed by atoms with Gasteiger partial charge in [0.05, 0.1) is 19.4 Å². The lowest BCUT2D eigenvalue weighted by molar-refractivity contribution is -0.175. The van der Waals surface area contributed by atoms with E-state index in [-0.39, 0.29) is 13.5 Å². The number of carbonyl (C=O) groups is 3. The van der Waals surface area contributed by atoms with Gasteiger partial charge in [0.1, 0.15) is 0 Å². The van der Waals surface area contributed by atoms with E-state index >= 15 is 0 Å². The molecule has 0 heterocycles. The average Bonchev–Trinajstić information content (AvgIpc) is 2.21. The number of aliphatic hydroxyl groups is 1. The van der Waals surface area contributed by atoms with Crippen LogP contribution in [0, 0.1) is 0 Å². The summed E-state index contributed by atoms with van der Waals surface area (Å²) in [6, 6.07) is 0. The summed E-state index contributed by atoms with van der Waals surface area (Å²) in [6.07, 6.45) is -1.18. The quantitative estimate of drug-likeness (QED) is 0.409. The van der Waals surface area contributed by atoms with Gasteiger partial charge >= 0.3 is 17.9 Å². The normalized spacial score (nSPS) is 11.7. The number of hydrogen-bond donors (Lipinski definition) is 3. The molecule has 0 atom stereocenters. The number of esters is 1. The molecule has 0 aromatic carbocycles. The molecule has 0 unspecified atom stereocenters. The molecule has 0 rings (SSSR count). The number of hydrogen-bond acceptors (Lipinski definition) is 5. The number of carboxylic acids is 2. The van der Waals surface area contributed by atoms with E-state index in [4.69, 9.17) is 11.6 Å². The Bertz CT molecular complexity index is 299. The van der Waals surface area contributed by atoms with E-state index in [9.17, 15) is 19.5 Å². The summed E-state index contributed by atoms with van der Waals surface area (Å²) in [5.74, 6) is -4.26. The van der Waals surface area contributed by atoms with Gasteiger partial charge in [-0.1, -0.05) is 13.3 Å². The Morgan fingerprint density at radius 2 is 1.76 bits per heavy atom. The van der Waals surface area contributed by atoms with E-state index in [1.54, 1.807) is 0 Å². The van der Waals surface area contributed by atoms with Gasteiger partial charge in [-0.25, -0.2) is 4.79 Å². The lowest BCUT2D eigenvalue weighted by atomic mass is 9.96. The fraction of sp³-hybridized carbons (Fsp3) is 0.700. The van der Waals surface area contributed by atoms with E-state index in [2.05, 4.69) is 4.74 Å². The minimum atomic E-state index is -2.56. The minimum Gasteiger partial charge on any atom is -0.481 e. The highest BCUT2D eigenvalue weighted by atomic mass is 16.5. The number of rotatable bonds is 8. The minimum absolute atomic E-state index is 0.0841. The van der Waals surface area contributed by atoms with Crippen LogP contribution in [0.1, 0.15) is 34.0 Å². The molecule has 0 radical (unpaired) electrons. The van der Waals surface area contributed by atoms with Crippen molar-refractivity contribution in [3.05, 3.63) is 0 Å². The van der Waals surface area contributed by atoms with Crippen LogP contribution in [0.15, 0.2) is 0 Å². The van der Waals surface area contributed by atoms with Gasteiger partial charge in [0.2, 0.25) is 0 Å². The molecule has 98 valence electrons. The third-order valence-corrected chi connectivity index (χ3v) is 1.89. The summed E-state index contributed by atoms with van der Waals surface area (Å²) in [6.45, 7) is 0.0747. The van der Waals surface area contributed by atoms with Crippen molar-refractivity contribution in [2.75, 3.05) is 6.61 Å². The second-order valence-corrected chi connectivity index (χ2v) is 3.52. The predicted molar refractivity (Wildman–Crippen MR) is 55.3 cm³/mol. The standard InChI is InChI=1S/C10H16O7/c1-2-3-4-17-9(15)10(16,5-7(11)12)6-8(13)14/h16H,2-6H2,1H3,(H,11,12)(H,13,14)/i1D. The number of carboxylic acid groups (broad SMARTS) is 2. The van der Waals surface area contributed by atoms with Crippen LogP contribution < -0.4 is 0 Å². The van der Waals surface area contributed by atoms with Crippen molar-refractivity contribution >= 4 is 17.9 Å². The van der Waals surface area contributed by atoms with Gasteiger partial charge in [-0.05, 0) is 6.42 Å². The highest BCUT2D eigenvalue weighted by molar-refractivity contribution is 5.89. The Morgan fingerprint density at radius 1 is 1.24 bits per heavy atom. The third-order valence-electron chi connectivity index (χ3n) is 1.89. The lowest BCUT2D eigenvalue weighted by Crippen LogP contribution is -2.44. The molecular weight excluding hydrogens is 232 g/mol. The van der Waals surface area contributed by atoms with Gasteiger partial charge in [0.25, 0.3) is 0 Å². The van der Waals surface area contributed by atoms with Gasteiger partial charge in [-0.15, -0.1) is 0 Å². The summed E-state index contributed by atoms with van der Waals surface area (Å²) < 4.78 is 11.5. The Balaban J connectivity index is 4.49. The third kappa shape index (κ3) is 5.86. The molecule has 0 aromatic rings. The Morgan fingerprint density at radius 3 is 2.18 bits per heavy atom. The van der Waals surface area contributed by atoms with Gasteiger partial charge in [0, 0.05) is 1.37 Å². The van der Waals surface area contributed by atoms with E-state index in [0.717, 1.165) is 0 Å². The Labute approximate surface area is 99.4 Å². The van der Waals surface area contributed by atoms with Crippen LogP contribution in [0.5, 0.6) is 0 Å². The molecule has 0 aliphatic heterocycles. The number of carbonyl (C=O) groups excluding carboxylic acids is 1. The fourth-order valence-electron chi connectivity index (χ4n) is 1.11. The van der Waals surface area contributed by atoms with Gasteiger partial charge in [-0.3, -0.25) is 9.59 Å². The molecule has 0 aromatic heterocycles. The summed E-state index contributed by atoms with van der Waals surface area (Å²) in [5, 5.41) is 26.8. The molecule has 0 spiro atoms. The second-order valence-electron chi connectivity index (χ2n) is 3.52. The van der Waals surface area contributed by atoms with Crippen molar-refractivity contribution in [3.63, 3.8) is 0 Å². The van der Waals surface area contributed by atoms with Crippen molar-refractivity contribution in [2.24, 2.45) is 0 Å². The second kappa shape index (κ2) is 6.85. The van der Waals surface area contributed by atoms with E-state index < -0.39 is 36.4 Å². The lowest BCUT2D eigenvalue weighted by Gasteiger charge is -2.22. The first-order valence-electron chi connectivity index (χ1n) is 5.65. The molecule has 7 nitrogen and oxygen atoms in total. The maximum absolute atomic E-state index is 11.5. The Hall–Kier alpha value is -1.63. The van der Waals surface area contributed by atoms with Crippen LogP contribution in [0.2, 0.25) is 0 Å². The summed E-state index contributed by atoms with van der Waals surface area (Å²) in [4.78, 5) is 32.4. The molecule has 0 aliphatic carbocycles. The first-order chi connectivity index (χ1) is 8.31. The van der Waals surface area contributed by atoms with Crippen molar-refractivity contribution in [1.82, 2.24) is 0 Å². The molecule has 0 saturated carbocycles. The zero-order valence-electron chi connectivity index (χ0n) is 10.2. The SMILES string of the molecule is [2H]CCCCOC(=O)C(O)(CC(=O)O)CC(=O)O. The zero-order chi connectivity index (χ0) is 14.2. The average molecular weight is 249 g/mol. The zero-order valence-corrected chi connectivity index (χ0v) is 9.22. The topological polar surface area (TPSA) is 121 Å². The van der Waals surface area contributed by atoms with E-state index in [1.807, 2.05) is 0 Å². The van der Waals surface area contributed by atoms with Crippen molar-refractivity contribution in [2.45, 2.75) is 38.2 Å². The molecular formula is C10H16O7. The summed E-state index contributed by atoms with van der Waals surface area (Å²) in [5.41, 5.74) is -2.56. The van der Waals surface area contributed by atoms with Crippen LogP contribution in [0.25, 0.3) is 0 Å². The fourth-order valence-corrected chi connectivity index (χ4v) is 1.11. The van der Waals surface area contributed by atoms with Crippen LogP contribution in [0.4, 0.5) is 0 Å². The largest absolute Gasteiger partial charge is 0.481 e. The highest BCUT2D eigenvalue weighted by Crippen LogP contribution is 2.18. The maximum atomic E-state index is 11.5. The van der Waals surface area contributed by atoms with Crippen molar-refractivity contribution in [1.29, 1.82) is 0 Å². The Kier molecular flexibility index (Phi) is 5.41. The molecule has 0 amide bonds. The smallest absolute Gasteiger partial charge is 0.339 e. The molecule has 3 N–H and O–H groups in total. The van der Waals surface area contributed by atoms with Crippen LogP contribution >= 0.6 is 0 Å². The summed E-state index contributed by atoms with van der Waals surface area (Å²) in [7, 11) is 0. The van der Waals surface area contributed by atoms with E-state index in [1.165, 1.54) is 0 Å². The molecule has 17 heavy (non-hydrogen) atoms. The van der Waals surface area contributed by atoms with Gasteiger partial charge < -0.3 is 20.1 Å². The number of ether oxygens (including phenoxy) is 1. The molecule has 7 heteroatoms. The van der Waals surface area contributed by atoms with Gasteiger partial charge in [-0.2, -0.15) is 0 Å². The van der Waals surface area contributed by atoms with Gasteiger partial charge in [0.15, 0.2) is 5.60 Å². The first-order valence-corrected chi connectivity index (χ1v) is 4.94. The van der Waals surface area contributed by atoms with E-state index in [0.29, 0.717) is 12.8 Å². The molecule has 0 saturated heterocycles.